The van der Waals surface area contributed by atoms with Gasteiger partial charge in [-0.25, -0.2) is 9.78 Å². The molecule has 1 amide bonds. The lowest BCUT2D eigenvalue weighted by atomic mass is 9.96. The van der Waals surface area contributed by atoms with E-state index in [1.54, 1.807) is 6.92 Å². The maximum absolute atomic E-state index is 12.7. The lowest BCUT2D eigenvalue weighted by molar-refractivity contribution is -0.123. The molecule has 7 N–H and O–H groups in total. The number of aryl methyl sites for hydroxylation is 1. The van der Waals surface area contributed by atoms with Gasteiger partial charge in [0.25, 0.3) is 11.1 Å². The highest BCUT2D eigenvalue weighted by Crippen LogP contribution is 2.35. The average molecular weight is 533 g/mol. The van der Waals surface area contributed by atoms with Gasteiger partial charge >= 0.3 is 5.69 Å². The summed E-state index contributed by atoms with van der Waals surface area (Å²) in [4.78, 5) is 61.3. The number of H-pyrrole nitrogens is 2. The van der Waals surface area contributed by atoms with Gasteiger partial charge in [-0.2, -0.15) is 4.98 Å². The van der Waals surface area contributed by atoms with Crippen molar-refractivity contribution >= 4 is 23.0 Å². The van der Waals surface area contributed by atoms with Crippen LogP contribution in [0.2, 0.25) is 0 Å². The number of aliphatic hydroxyl groups is 2. The van der Waals surface area contributed by atoms with Gasteiger partial charge in [0.2, 0.25) is 11.9 Å². The van der Waals surface area contributed by atoms with Crippen LogP contribution in [-0.4, -0.2) is 76.7 Å². The van der Waals surface area contributed by atoms with Gasteiger partial charge in [-0.1, -0.05) is 0 Å². The summed E-state index contributed by atoms with van der Waals surface area (Å²) in [7, 11) is 0. The fourth-order valence-electron chi connectivity index (χ4n) is 4.91. The predicted octanol–water partition coefficient (Wildman–Crippen LogP) is -2.39. The van der Waals surface area contributed by atoms with Gasteiger partial charge in [-0.15, -0.1) is 0 Å². The van der Waals surface area contributed by atoms with E-state index in [4.69, 9.17) is 15.2 Å². The zero-order valence-corrected chi connectivity index (χ0v) is 20.4. The number of nitrogens with one attached hydrogen (secondary N) is 3. The minimum absolute atomic E-state index is 0.00316. The molecule has 2 fully saturated rings. The number of ether oxygens (including phenoxy) is 2. The first kappa shape index (κ1) is 25.8. The number of hydrogen-bond acceptors (Lipinski definition) is 11. The van der Waals surface area contributed by atoms with Crippen molar-refractivity contribution in [3.8, 4) is 0 Å². The molecule has 3 aromatic heterocycles. The van der Waals surface area contributed by atoms with Crippen LogP contribution in [0.3, 0.4) is 0 Å². The number of rotatable bonds is 7. The van der Waals surface area contributed by atoms with Crippen LogP contribution in [-0.2, 0) is 14.3 Å². The number of aliphatic hydroxyl groups excluding tert-OH is 2. The average Bonchev–Trinajstić information content (AvgIpc) is 3.56. The highest BCUT2D eigenvalue weighted by Gasteiger charge is 2.39. The van der Waals surface area contributed by atoms with E-state index >= 15 is 0 Å². The van der Waals surface area contributed by atoms with Crippen LogP contribution in [0.4, 0.5) is 5.95 Å². The third-order valence-corrected chi connectivity index (χ3v) is 6.91. The van der Waals surface area contributed by atoms with Gasteiger partial charge in [0.1, 0.15) is 18.6 Å². The number of imidazole rings is 1. The maximum Gasteiger partial charge on any atom is 0.330 e. The van der Waals surface area contributed by atoms with Crippen LogP contribution in [0.5, 0.6) is 0 Å². The first-order valence-corrected chi connectivity index (χ1v) is 12.1. The third kappa shape index (κ3) is 4.85. The molecule has 0 saturated carbocycles. The Hall–Kier alpha value is -3.86. The zero-order chi connectivity index (χ0) is 27.1. The summed E-state index contributed by atoms with van der Waals surface area (Å²) in [5.41, 5.74) is 4.65. The Bertz CT molecular complexity index is 1530. The summed E-state index contributed by atoms with van der Waals surface area (Å²) in [6, 6.07) is 0. The molecule has 38 heavy (non-hydrogen) atoms. The molecule has 0 aromatic carbocycles. The summed E-state index contributed by atoms with van der Waals surface area (Å²) in [5.74, 6) is -0.819. The molecule has 0 bridgehead atoms. The number of carbonyl (C=O) groups excluding carboxylic acids is 1. The van der Waals surface area contributed by atoms with Crippen molar-refractivity contribution < 1.29 is 24.5 Å². The molecule has 2 aliphatic rings. The smallest absolute Gasteiger partial charge is 0.330 e. The van der Waals surface area contributed by atoms with E-state index in [0.29, 0.717) is 5.56 Å². The van der Waals surface area contributed by atoms with Gasteiger partial charge in [0.05, 0.1) is 25.1 Å². The Morgan fingerprint density at radius 3 is 2.66 bits per heavy atom. The lowest BCUT2D eigenvalue weighted by Crippen LogP contribution is -2.38. The largest absolute Gasteiger partial charge is 0.394 e. The number of hydrogen-bond donors (Lipinski definition) is 6. The molecule has 2 saturated heterocycles. The third-order valence-electron chi connectivity index (χ3n) is 6.91. The van der Waals surface area contributed by atoms with E-state index in [1.807, 2.05) is 0 Å². The first-order valence-electron chi connectivity index (χ1n) is 12.1. The minimum Gasteiger partial charge on any atom is -0.394 e. The summed E-state index contributed by atoms with van der Waals surface area (Å²) in [5, 5.41) is 23.0. The van der Waals surface area contributed by atoms with Crippen molar-refractivity contribution in [3.63, 3.8) is 0 Å². The second-order valence-corrected chi connectivity index (χ2v) is 9.50. The fourth-order valence-corrected chi connectivity index (χ4v) is 4.91. The standard InChI is InChI=1S/C22H28N8O8/c1-9-6-29(22(36)28-19(9)34)15-3-10(13(7-31)38-15)2-14(33)24-5-12-11(32)4-16(37-12)30-8-25-17-18(30)26-21(23)27-20(17)35/h6,8,10-13,15-16,31-32H,2-5,7H2,1H3,(H,24,33)(H,28,34,36)(H3,23,26,27,35)/t10-,11-,12+,13+,15+,16+/m0/s1. The Morgan fingerprint density at radius 2 is 1.89 bits per heavy atom. The zero-order valence-electron chi connectivity index (χ0n) is 20.4. The second kappa shape index (κ2) is 10.1. The van der Waals surface area contributed by atoms with Crippen LogP contribution in [0.1, 0.15) is 37.3 Å². The molecule has 204 valence electrons. The van der Waals surface area contributed by atoms with Crippen molar-refractivity contribution in [2.75, 3.05) is 18.9 Å². The number of aromatic amines is 2. The number of amides is 1. The summed E-state index contributed by atoms with van der Waals surface area (Å²) in [6.07, 6.45) is -0.505. The summed E-state index contributed by atoms with van der Waals surface area (Å²) >= 11 is 0. The fraction of sp³-hybridized carbons (Fsp3) is 0.545. The molecule has 16 nitrogen and oxygen atoms in total. The molecule has 16 heteroatoms. The number of fused-ring (bicyclic) bond motifs is 1. The Kier molecular flexibility index (Phi) is 6.87. The molecule has 5 heterocycles. The van der Waals surface area contributed by atoms with Crippen molar-refractivity contribution in [1.29, 1.82) is 0 Å². The van der Waals surface area contributed by atoms with Crippen molar-refractivity contribution in [1.82, 2.24) is 34.4 Å². The predicted molar refractivity (Wildman–Crippen MR) is 130 cm³/mol. The van der Waals surface area contributed by atoms with E-state index in [0.717, 1.165) is 0 Å². The van der Waals surface area contributed by atoms with E-state index in [-0.39, 0.29) is 55.4 Å². The molecule has 5 rings (SSSR count). The monoisotopic (exact) mass is 532 g/mol. The Morgan fingerprint density at radius 1 is 1.16 bits per heavy atom. The highest BCUT2D eigenvalue weighted by atomic mass is 16.5. The Labute approximate surface area is 213 Å². The van der Waals surface area contributed by atoms with Crippen molar-refractivity contribution in [3.05, 3.63) is 49.3 Å². The first-order chi connectivity index (χ1) is 18.1. The second-order valence-electron chi connectivity index (χ2n) is 9.50. The topological polar surface area (TPSA) is 232 Å². The molecule has 0 unspecified atom stereocenters. The lowest BCUT2D eigenvalue weighted by Gasteiger charge is -2.18. The molecular formula is C22H28N8O8. The van der Waals surface area contributed by atoms with Crippen LogP contribution >= 0.6 is 0 Å². The van der Waals surface area contributed by atoms with Crippen LogP contribution in [0, 0.1) is 12.8 Å². The van der Waals surface area contributed by atoms with Gasteiger partial charge in [0, 0.05) is 37.1 Å². The maximum atomic E-state index is 12.7. The number of nitrogens with zero attached hydrogens (tertiary/aromatic N) is 4. The van der Waals surface area contributed by atoms with Gasteiger partial charge in [-0.3, -0.25) is 33.5 Å². The number of carbonyl (C=O) groups is 1. The van der Waals surface area contributed by atoms with E-state index in [1.165, 1.54) is 21.7 Å². The van der Waals surface area contributed by atoms with E-state index in [2.05, 4.69) is 25.3 Å². The molecule has 0 spiro atoms. The SMILES string of the molecule is Cc1cn([C@H]2C[C@H](CC(=O)NC[C@H]3O[C@@H](n4cnc5c(=O)[nH]c(N)nc54)C[C@@H]3O)[C@@H](CO)O2)c(=O)[nH]c1=O. The number of anilines is 1. The quantitative estimate of drug-likeness (QED) is 0.188. The molecule has 6 atom stereocenters. The van der Waals surface area contributed by atoms with Crippen molar-refractivity contribution in [2.24, 2.45) is 5.92 Å². The molecule has 2 aliphatic heterocycles. The number of aromatic nitrogens is 6. The van der Waals surface area contributed by atoms with Crippen LogP contribution < -0.4 is 27.9 Å². The van der Waals surface area contributed by atoms with Crippen LogP contribution in [0.25, 0.3) is 11.2 Å². The van der Waals surface area contributed by atoms with E-state index in [9.17, 15) is 29.4 Å². The highest BCUT2D eigenvalue weighted by molar-refractivity contribution is 5.76. The van der Waals surface area contributed by atoms with Gasteiger partial charge in [0.15, 0.2) is 11.2 Å². The summed E-state index contributed by atoms with van der Waals surface area (Å²) < 4.78 is 14.5. The number of nitrogens with two attached hydrogens (primary N) is 1. The molecule has 0 radical (unpaired) electrons. The van der Waals surface area contributed by atoms with Crippen LogP contribution in [0.15, 0.2) is 26.9 Å². The Balaban J connectivity index is 1.19. The number of nitrogen functional groups attached to an aromatic ring is 1. The molecular weight excluding hydrogens is 504 g/mol. The summed E-state index contributed by atoms with van der Waals surface area (Å²) in [6.45, 7) is 1.22. The molecule has 0 aliphatic carbocycles. The normalized spacial score (nSPS) is 27.2. The molecule has 3 aromatic rings. The van der Waals surface area contributed by atoms with E-state index < -0.39 is 53.5 Å². The minimum atomic E-state index is -0.906. The van der Waals surface area contributed by atoms with Gasteiger partial charge in [-0.05, 0) is 13.3 Å². The van der Waals surface area contributed by atoms with Crippen molar-refractivity contribution in [2.45, 2.75) is 57.0 Å². The van der Waals surface area contributed by atoms with Gasteiger partial charge < -0.3 is 30.7 Å².